The van der Waals surface area contributed by atoms with Gasteiger partial charge in [-0.2, -0.15) is 0 Å². The van der Waals surface area contributed by atoms with Gasteiger partial charge in [0.05, 0.1) is 24.4 Å². The quantitative estimate of drug-likeness (QED) is 0.566. The number of para-hydroxylation sites is 2. The first-order chi connectivity index (χ1) is 17.6. The number of hydrogen-bond donors (Lipinski definition) is 1. The highest BCUT2D eigenvalue weighted by molar-refractivity contribution is 7.16. The molecule has 2 aromatic carbocycles. The maximum absolute atomic E-state index is 13.4. The van der Waals surface area contributed by atoms with Crippen molar-refractivity contribution >= 4 is 34.0 Å². The highest BCUT2D eigenvalue weighted by Crippen LogP contribution is 2.40. The SMILES string of the molecule is COc1ccccc1N1CCN(C(=O)C2CCc3sc(NC(=O)c4ccc5c(c4)OCO5)nc32)CC1. The van der Waals surface area contributed by atoms with Crippen LogP contribution in [0.1, 0.15) is 33.3 Å². The van der Waals surface area contributed by atoms with Crippen LogP contribution in [0.25, 0.3) is 0 Å². The molecule has 10 heteroatoms. The molecule has 0 radical (unpaired) electrons. The maximum atomic E-state index is 13.4. The number of nitrogens with zero attached hydrogens (tertiary/aromatic N) is 3. The number of rotatable bonds is 5. The van der Waals surface area contributed by atoms with Crippen molar-refractivity contribution in [2.75, 3.05) is 50.3 Å². The molecule has 1 unspecified atom stereocenters. The molecular formula is C26H26N4O5S. The van der Waals surface area contributed by atoms with Crippen LogP contribution in [0.4, 0.5) is 10.8 Å². The summed E-state index contributed by atoms with van der Waals surface area (Å²) < 4.78 is 16.2. The molecule has 0 spiro atoms. The van der Waals surface area contributed by atoms with Gasteiger partial charge in [0, 0.05) is 36.6 Å². The van der Waals surface area contributed by atoms with E-state index in [1.54, 1.807) is 25.3 Å². The second-order valence-corrected chi connectivity index (χ2v) is 10.0. The molecule has 1 aromatic heterocycles. The van der Waals surface area contributed by atoms with Crippen molar-refractivity contribution in [3.8, 4) is 17.2 Å². The Balaban J connectivity index is 1.10. The van der Waals surface area contributed by atoms with Crippen LogP contribution in [0.5, 0.6) is 17.2 Å². The van der Waals surface area contributed by atoms with E-state index in [2.05, 4.69) is 15.2 Å². The van der Waals surface area contributed by atoms with E-state index in [9.17, 15) is 9.59 Å². The van der Waals surface area contributed by atoms with Crippen LogP contribution in [0, 0.1) is 0 Å². The minimum atomic E-state index is -0.268. The summed E-state index contributed by atoms with van der Waals surface area (Å²) in [7, 11) is 1.68. The van der Waals surface area contributed by atoms with E-state index in [0.29, 0.717) is 35.3 Å². The first-order valence-electron chi connectivity index (χ1n) is 12.0. The summed E-state index contributed by atoms with van der Waals surface area (Å²) in [5.74, 6) is 1.62. The van der Waals surface area contributed by atoms with Gasteiger partial charge in [0.2, 0.25) is 12.7 Å². The molecule has 186 valence electrons. The number of anilines is 2. The molecule has 3 heterocycles. The van der Waals surface area contributed by atoms with Gasteiger partial charge in [0.25, 0.3) is 5.91 Å². The minimum absolute atomic E-state index is 0.118. The zero-order chi connectivity index (χ0) is 24.6. The Hall–Kier alpha value is -3.79. The number of fused-ring (bicyclic) bond motifs is 2. The number of thiazole rings is 1. The third-order valence-electron chi connectivity index (χ3n) is 6.89. The lowest BCUT2D eigenvalue weighted by molar-refractivity contribution is -0.133. The molecule has 6 rings (SSSR count). The van der Waals surface area contributed by atoms with E-state index < -0.39 is 0 Å². The molecule has 0 saturated carbocycles. The van der Waals surface area contributed by atoms with Gasteiger partial charge in [-0.1, -0.05) is 12.1 Å². The summed E-state index contributed by atoms with van der Waals surface area (Å²) in [6.45, 7) is 2.96. The van der Waals surface area contributed by atoms with Crippen LogP contribution in [-0.4, -0.2) is 61.8 Å². The van der Waals surface area contributed by atoms with E-state index >= 15 is 0 Å². The van der Waals surface area contributed by atoms with Gasteiger partial charge in [-0.05, 0) is 43.2 Å². The number of amides is 2. The van der Waals surface area contributed by atoms with Crippen LogP contribution >= 0.6 is 11.3 Å². The van der Waals surface area contributed by atoms with E-state index in [1.807, 2.05) is 29.2 Å². The second kappa shape index (κ2) is 9.34. The average molecular weight is 507 g/mol. The summed E-state index contributed by atoms with van der Waals surface area (Å²) in [5, 5.41) is 3.40. The fraction of sp³-hybridized carbons (Fsp3) is 0.346. The molecule has 36 heavy (non-hydrogen) atoms. The summed E-state index contributed by atoms with van der Waals surface area (Å²) in [4.78, 5) is 36.1. The molecule has 3 aliphatic rings. The zero-order valence-corrected chi connectivity index (χ0v) is 20.7. The molecule has 2 aliphatic heterocycles. The van der Waals surface area contributed by atoms with Crippen molar-refractivity contribution in [2.45, 2.75) is 18.8 Å². The number of piperazine rings is 1. The summed E-state index contributed by atoms with van der Waals surface area (Å²) >= 11 is 1.45. The van der Waals surface area contributed by atoms with Crippen LogP contribution in [-0.2, 0) is 11.2 Å². The first kappa shape index (κ1) is 22.7. The standard InChI is InChI=1S/C26H26N4O5S/c1-33-19-5-3-2-4-18(19)29-10-12-30(13-11-29)25(32)17-7-9-22-23(17)27-26(36-22)28-24(31)16-6-8-20-21(14-16)35-15-34-20/h2-6,8,14,17H,7,9-13,15H2,1H3,(H,27,28,31). The van der Waals surface area contributed by atoms with Crippen molar-refractivity contribution in [3.05, 3.63) is 58.6 Å². The van der Waals surface area contributed by atoms with Crippen LogP contribution in [0.15, 0.2) is 42.5 Å². The lowest BCUT2D eigenvalue weighted by atomic mass is 10.1. The van der Waals surface area contributed by atoms with Crippen molar-refractivity contribution in [2.24, 2.45) is 0 Å². The molecule has 9 nitrogen and oxygen atoms in total. The molecular weight excluding hydrogens is 480 g/mol. The van der Waals surface area contributed by atoms with Gasteiger partial charge in [0.1, 0.15) is 5.75 Å². The number of methoxy groups -OCH3 is 1. The van der Waals surface area contributed by atoms with Crippen LogP contribution in [0.3, 0.4) is 0 Å². The Morgan fingerprint density at radius 3 is 2.72 bits per heavy atom. The van der Waals surface area contributed by atoms with Crippen molar-refractivity contribution in [1.82, 2.24) is 9.88 Å². The van der Waals surface area contributed by atoms with Crippen molar-refractivity contribution < 1.29 is 23.8 Å². The molecule has 1 N–H and O–H groups in total. The number of aryl methyl sites for hydroxylation is 1. The number of carbonyl (C=O) groups is 2. The van der Waals surface area contributed by atoms with Gasteiger partial charge in [-0.15, -0.1) is 11.3 Å². The number of nitrogens with one attached hydrogen (secondary N) is 1. The predicted molar refractivity (Wildman–Crippen MR) is 135 cm³/mol. The first-order valence-corrected chi connectivity index (χ1v) is 12.8. The van der Waals surface area contributed by atoms with Crippen LogP contribution < -0.4 is 24.4 Å². The van der Waals surface area contributed by atoms with Crippen molar-refractivity contribution in [3.63, 3.8) is 0 Å². The average Bonchev–Trinajstić information content (AvgIpc) is 3.64. The molecule has 1 atom stereocenters. The Kier molecular flexibility index (Phi) is 5.88. The van der Waals surface area contributed by atoms with Gasteiger partial charge < -0.3 is 24.0 Å². The Labute approximate surface area is 212 Å². The summed E-state index contributed by atoms with van der Waals surface area (Å²) in [6.07, 6.45) is 1.56. The highest BCUT2D eigenvalue weighted by atomic mass is 32.1. The number of ether oxygens (including phenoxy) is 3. The third-order valence-corrected chi connectivity index (χ3v) is 7.93. The third kappa shape index (κ3) is 4.11. The Bertz CT molecular complexity index is 1320. The van der Waals surface area contributed by atoms with Gasteiger partial charge in [-0.25, -0.2) is 4.98 Å². The van der Waals surface area contributed by atoms with Gasteiger partial charge in [0.15, 0.2) is 16.6 Å². The lowest BCUT2D eigenvalue weighted by Gasteiger charge is -2.37. The largest absolute Gasteiger partial charge is 0.495 e. The van der Waals surface area contributed by atoms with Crippen LogP contribution in [0.2, 0.25) is 0 Å². The molecule has 1 fully saturated rings. The minimum Gasteiger partial charge on any atom is -0.495 e. The Morgan fingerprint density at radius 2 is 1.89 bits per heavy atom. The molecule has 1 saturated heterocycles. The summed E-state index contributed by atoms with van der Waals surface area (Å²) in [6, 6.07) is 13.0. The topological polar surface area (TPSA) is 93.2 Å². The zero-order valence-electron chi connectivity index (χ0n) is 19.9. The fourth-order valence-electron chi connectivity index (χ4n) is 5.01. The molecule has 0 bridgehead atoms. The predicted octanol–water partition coefficient (Wildman–Crippen LogP) is 3.51. The number of carbonyl (C=O) groups excluding carboxylic acids is 2. The normalized spacial score (nSPS) is 18.2. The number of hydrogen-bond acceptors (Lipinski definition) is 8. The lowest BCUT2D eigenvalue weighted by Crippen LogP contribution is -2.50. The Morgan fingerprint density at radius 1 is 1.08 bits per heavy atom. The van der Waals surface area contributed by atoms with E-state index in [-0.39, 0.29) is 24.5 Å². The van der Waals surface area contributed by atoms with E-state index in [1.165, 1.54) is 11.3 Å². The molecule has 1 aliphatic carbocycles. The second-order valence-electron chi connectivity index (χ2n) is 8.93. The fourth-order valence-corrected chi connectivity index (χ4v) is 6.04. The smallest absolute Gasteiger partial charge is 0.257 e. The number of aromatic nitrogens is 1. The maximum Gasteiger partial charge on any atom is 0.257 e. The van der Waals surface area contributed by atoms with Gasteiger partial charge >= 0.3 is 0 Å². The molecule has 2 amide bonds. The monoisotopic (exact) mass is 506 g/mol. The number of benzene rings is 2. The van der Waals surface area contributed by atoms with Gasteiger partial charge in [-0.3, -0.25) is 14.9 Å². The molecule has 3 aromatic rings. The summed E-state index contributed by atoms with van der Waals surface area (Å²) in [5.41, 5.74) is 2.32. The van der Waals surface area contributed by atoms with E-state index in [4.69, 9.17) is 14.2 Å². The highest BCUT2D eigenvalue weighted by Gasteiger charge is 2.36. The van der Waals surface area contributed by atoms with Crippen molar-refractivity contribution in [1.29, 1.82) is 0 Å². The van der Waals surface area contributed by atoms with E-state index in [0.717, 1.165) is 47.9 Å².